The SMILES string of the molecule is c1ccc(NNCc2cccc3[nH]cnc23)cc1. The molecule has 18 heavy (non-hydrogen) atoms. The Hall–Kier alpha value is -2.33. The van der Waals surface area contributed by atoms with E-state index in [4.69, 9.17) is 0 Å². The molecule has 90 valence electrons. The Kier molecular flexibility index (Phi) is 2.94. The van der Waals surface area contributed by atoms with Crippen LogP contribution in [0.2, 0.25) is 0 Å². The number of para-hydroxylation sites is 2. The van der Waals surface area contributed by atoms with Gasteiger partial charge in [0.1, 0.15) is 0 Å². The van der Waals surface area contributed by atoms with Crippen molar-refractivity contribution >= 4 is 16.7 Å². The maximum absolute atomic E-state index is 4.32. The highest BCUT2D eigenvalue weighted by molar-refractivity contribution is 5.78. The van der Waals surface area contributed by atoms with E-state index in [-0.39, 0.29) is 0 Å². The van der Waals surface area contributed by atoms with Crippen LogP contribution in [0.3, 0.4) is 0 Å². The zero-order chi connectivity index (χ0) is 12.2. The highest BCUT2D eigenvalue weighted by Gasteiger charge is 2.01. The molecule has 0 spiro atoms. The largest absolute Gasteiger partial charge is 0.345 e. The number of hydrogen-bond acceptors (Lipinski definition) is 3. The van der Waals surface area contributed by atoms with Crippen LogP contribution in [0, 0.1) is 0 Å². The molecule has 0 unspecified atom stereocenters. The lowest BCUT2D eigenvalue weighted by atomic mass is 10.2. The lowest BCUT2D eigenvalue weighted by Gasteiger charge is -2.08. The average molecular weight is 238 g/mol. The zero-order valence-electron chi connectivity index (χ0n) is 9.85. The molecular formula is C14H14N4. The third kappa shape index (κ3) is 2.19. The molecule has 0 aliphatic heterocycles. The number of aromatic amines is 1. The molecule has 0 bridgehead atoms. The van der Waals surface area contributed by atoms with Crippen LogP contribution < -0.4 is 10.9 Å². The second kappa shape index (κ2) is 4.89. The first kappa shape index (κ1) is 10.8. The van der Waals surface area contributed by atoms with E-state index >= 15 is 0 Å². The van der Waals surface area contributed by atoms with Crippen molar-refractivity contribution in [2.45, 2.75) is 6.54 Å². The van der Waals surface area contributed by atoms with Crippen molar-refractivity contribution in [1.82, 2.24) is 15.4 Å². The van der Waals surface area contributed by atoms with Gasteiger partial charge in [-0.1, -0.05) is 30.3 Å². The van der Waals surface area contributed by atoms with Gasteiger partial charge in [0.05, 0.1) is 17.4 Å². The Morgan fingerprint density at radius 2 is 1.89 bits per heavy atom. The molecule has 0 saturated heterocycles. The van der Waals surface area contributed by atoms with Gasteiger partial charge in [-0.2, -0.15) is 0 Å². The number of hydrogen-bond donors (Lipinski definition) is 3. The minimum Gasteiger partial charge on any atom is -0.345 e. The minimum atomic E-state index is 0.719. The first-order valence-corrected chi connectivity index (χ1v) is 5.88. The maximum atomic E-state index is 4.32. The van der Waals surface area contributed by atoms with E-state index in [1.165, 1.54) is 0 Å². The van der Waals surface area contributed by atoms with E-state index in [0.717, 1.165) is 28.8 Å². The highest BCUT2D eigenvalue weighted by atomic mass is 15.3. The molecule has 0 aliphatic carbocycles. The number of aromatic nitrogens is 2. The van der Waals surface area contributed by atoms with E-state index < -0.39 is 0 Å². The summed E-state index contributed by atoms with van der Waals surface area (Å²) in [7, 11) is 0. The summed E-state index contributed by atoms with van der Waals surface area (Å²) in [5.41, 5.74) is 10.6. The van der Waals surface area contributed by atoms with Crippen molar-refractivity contribution in [2.75, 3.05) is 5.43 Å². The number of nitrogens with zero attached hydrogens (tertiary/aromatic N) is 1. The Morgan fingerprint density at radius 3 is 2.78 bits per heavy atom. The van der Waals surface area contributed by atoms with Gasteiger partial charge in [0.25, 0.3) is 0 Å². The van der Waals surface area contributed by atoms with Gasteiger partial charge < -0.3 is 10.4 Å². The number of nitrogens with one attached hydrogen (secondary N) is 3. The summed E-state index contributed by atoms with van der Waals surface area (Å²) in [6.45, 7) is 0.719. The van der Waals surface area contributed by atoms with Gasteiger partial charge in [0.2, 0.25) is 0 Å². The summed E-state index contributed by atoms with van der Waals surface area (Å²) < 4.78 is 0. The van der Waals surface area contributed by atoms with Crippen LogP contribution in [0.4, 0.5) is 5.69 Å². The second-order valence-electron chi connectivity index (χ2n) is 4.06. The normalized spacial score (nSPS) is 10.7. The van der Waals surface area contributed by atoms with Gasteiger partial charge in [0, 0.05) is 12.2 Å². The van der Waals surface area contributed by atoms with E-state index in [1.54, 1.807) is 6.33 Å². The van der Waals surface area contributed by atoms with Gasteiger partial charge in [-0.25, -0.2) is 10.4 Å². The molecular weight excluding hydrogens is 224 g/mol. The average Bonchev–Trinajstić information content (AvgIpc) is 2.89. The molecule has 2 aromatic carbocycles. The Bertz CT molecular complexity index is 630. The molecule has 0 radical (unpaired) electrons. The van der Waals surface area contributed by atoms with Crippen LogP contribution in [0.5, 0.6) is 0 Å². The molecule has 4 heteroatoms. The minimum absolute atomic E-state index is 0.719. The summed E-state index contributed by atoms with van der Waals surface area (Å²) in [5.74, 6) is 0. The Morgan fingerprint density at radius 1 is 1.00 bits per heavy atom. The van der Waals surface area contributed by atoms with Crippen molar-refractivity contribution in [1.29, 1.82) is 0 Å². The molecule has 0 amide bonds. The number of anilines is 1. The number of fused-ring (bicyclic) bond motifs is 1. The third-order valence-corrected chi connectivity index (χ3v) is 2.82. The van der Waals surface area contributed by atoms with Gasteiger partial charge >= 0.3 is 0 Å². The fourth-order valence-electron chi connectivity index (χ4n) is 1.93. The third-order valence-electron chi connectivity index (χ3n) is 2.82. The summed E-state index contributed by atoms with van der Waals surface area (Å²) in [4.78, 5) is 7.43. The fraction of sp³-hybridized carbons (Fsp3) is 0.0714. The highest BCUT2D eigenvalue weighted by Crippen LogP contribution is 2.14. The molecule has 3 aromatic rings. The monoisotopic (exact) mass is 238 g/mol. The molecule has 0 saturated carbocycles. The predicted molar refractivity (Wildman–Crippen MR) is 73.0 cm³/mol. The summed E-state index contributed by atoms with van der Waals surface area (Å²) in [6, 6.07) is 16.1. The van der Waals surface area contributed by atoms with Crippen LogP contribution in [-0.2, 0) is 6.54 Å². The van der Waals surface area contributed by atoms with Crippen LogP contribution in [0.25, 0.3) is 11.0 Å². The van der Waals surface area contributed by atoms with Gasteiger partial charge in [-0.05, 0) is 23.8 Å². The van der Waals surface area contributed by atoms with E-state index in [1.807, 2.05) is 42.5 Å². The summed E-state index contributed by atoms with van der Waals surface area (Å²) >= 11 is 0. The molecule has 0 fully saturated rings. The lowest BCUT2D eigenvalue weighted by molar-refractivity contribution is 0.805. The summed E-state index contributed by atoms with van der Waals surface area (Å²) in [5, 5.41) is 0. The molecule has 1 heterocycles. The first-order valence-electron chi connectivity index (χ1n) is 5.88. The van der Waals surface area contributed by atoms with Crippen molar-refractivity contribution in [3.63, 3.8) is 0 Å². The van der Waals surface area contributed by atoms with Gasteiger partial charge in [-0.15, -0.1) is 0 Å². The van der Waals surface area contributed by atoms with Crippen LogP contribution in [0.1, 0.15) is 5.56 Å². The Labute approximate surface area is 105 Å². The standard InChI is InChI=1S/C14H14N4/c1-2-6-12(7-3-1)18-17-9-11-5-4-8-13-14(11)16-10-15-13/h1-8,10,17-18H,9H2,(H,15,16). The van der Waals surface area contributed by atoms with Crippen molar-refractivity contribution in [3.8, 4) is 0 Å². The quantitative estimate of drug-likeness (QED) is 0.612. The van der Waals surface area contributed by atoms with Crippen molar-refractivity contribution in [3.05, 3.63) is 60.4 Å². The fourth-order valence-corrected chi connectivity index (χ4v) is 1.93. The van der Waals surface area contributed by atoms with Crippen molar-refractivity contribution < 1.29 is 0 Å². The topological polar surface area (TPSA) is 52.7 Å². The van der Waals surface area contributed by atoms with Crippen molar-refractivity contribution in [2.24, 2.45) is 0 Å². The van der Waals surface area contributed by atoms with E-state index in [0.29, 0.717) is 0 Å². The predicted octanol–water partition coefficient (Wildman–Crippen LogP) is 2.68. The molecule has 3 N–H and O–H groups in total. The molecule has 0 atom stereocenters. The summed E-state index contributed by atoms with van der Waals surface area (Å²) in [6.07, 6.45) is 1.72. The lowest BCUT2D eigenvalue weighted by Crippen LogP contribution is -2.20. The van der Waals surface area contributed by atoms with E-state index in [9.17, 15) is 0 Å². The van der Waals surface area contributed by atoms with E-state index in [2.05, 4.69) is 26.9 Å². The Balaban J connectivity index is 1.68. The van der Waals surface area contributed by atoms with Crippen LogP contribution >= 0.6 is 0 Å². The van der Waals surface area contributed by atoms with Crippen LogP contribution in [0.15, 0.2) is 54.9 Å². The smallest absolute Gasteiger partial charge is 0.0932 e. The molecule has 1 aromatic heterocycles. The number of rotatable bonds is 4. The maximum Gasteiger partial charge on any atom is 0.0932 e. The van der Waals surface area contributed by atoms with Gasteiger partial charge in [0.15, 0.2) is 0 Å². The van der Waals surface area contributed by atoms with Crippen LogP contribution in [-0.4, -0.2) is 9.97 Å². The number of H-pyrrole nitrogens is 1. The molecule has 4 nitrogen and oxygen atoms in total. The molecule has 3 rings (SSSR count). The second-order valence-corrected chi connectivity index (χ2v) is 4.06. The number of benzene rings is 2. The number of imidazole rings is 1. The zero-order valence-corrected chi connectivity index (χ0v) is 9.85. The number of hydrazine groups is 1. The van der Waals surface area contributed by atoms with Gasteiger partial charge in [-0.3, -0.25) is 0 Å². The molecule has 0 aliphatic rings. The first-order chi connectivity index (χ1) is 8.93.